The minimum absolute atomic E-state index is 0.0585. The molecule has 0 saturated carbocycles. The van der Waals surface area contributed by atoms with Gasteiger partial charge in [0.05, 0.1) is 6.42 Å². The van der Waals surface area contributed by atoms with E-state index in [0.29, 0.717) is 5.75 Å². The Bertz CT molecular complexity index is 648. The highest BCUT2D eigenvalue weighted by Gasteiger charge is 2.29. The molecule has 96 valence electrons. The van der Waals surface area contributed by atoms with Crippen molar-refractivity contribution in [2.24, 2.45) is 0 Å². The Morgan fingerprint density at radius 1 is 1.11 bits per heavy atom. The van der Waals surface area contributed by atoms with Crippen molar-refractivity contribution in [3.63, 3.8) is 0 Å². The highest BCUT2D eigenvalue weighted by atomic mass is 16.5. The summed E-state index contributed by atoms with van der Waals surface area (Å²) in [6.45, 7) is 0. The normalized spacial score (nSPS) is 17.7. The fourth-order valence-electron chi connectivity index (χ4n) is 2.27. The van der Waals surface area contributed by atoms with Gasteiger partial charge in [0.25, 0.3) is 0 Å². The van der Waals surface area contributed by atoms with Gasteiger partial charge in [0, 0.05) is 0 Å². The molecule has 4 nitrogen and oxygen atoms in total. The molecule has 1 atom stereocenters. The first kappa shape index (κ1) is 11.6. The fraction of sp³-hybridized carbons (Fsp3) is 0.133. The van der Waals surface area contributed by atoms with Crippen molar-refractivity contribution in [3.05, 3.63) is 53.6 Å². The first-order valence-corrected chi connectivity index (χ1v) is 5.96. The topological polar surface area (TPSA) is 66.8 Å². The summed E-state index contributed by atoms with van der Waals surface area (Å²) in [5.41, 5.74) is 0.973. The number of ketones is 1. The number of Topliss-reactive ketones (excluding diaryl/α,β-unsaturated/α-hetero) is 1. The highest BCUT2D eigenvalue weighted by Crippen LogP contribution is 2.39. The van der Waals surface area contributed by atoms with E-state index in [1.165, 1.54) is 6.07 Å². The summed E-state index contributed by atoms with van der Waals surface area (Å²) in [6, 6.07) is 11.4. The lowest BCUT2D eigenvalue weighted by Gasteiger charge is -2.25. The van der Waals surface area contributed by atoms with Gasteiger partial charge in [0.15, 0.2) is 5.78 Å². The number of rotatable bonds is 1. The lowest BCUT2D eigenvalue weighted by Crippen LogP contribution is -2.20. The molecule has 0 aliphatic carbocycles. The summed E-state index contributed by atoms with van der Waals surface area (Å²) < 4.78 is 5.73. The van der Waals surface area contributed by atoms with Crippen LogP contribution in [0.3, 0.4) is 0 Å². The second-order valence-electron chi connectivity index (χ2n) is 4.48. The minimum atomic E-state index is -0.436. The van der Waals surface area contributed by atoms with Crippen LogP contribution in [0.5, 0.6) is 17.2 Å². The van der Waals surface area contributed by atoms with Crippen LogP contribution in [0.25, 0.3) is 0 Å². The SMILES string of the molecule is O=C1CC(c2cccc(O)c2)Oc2cccc(O)c21. The number of fused-ring (bicyclic) bond motifs is 1. The van der Waals surface area contributed by atoms with Crippen LogP contribution < -0.4 is 4.74 Å². The Morgan fingerprint density at radius 3 is 2.68 bits per heavy atom. The van der Waals surface area contributed by atoms with E-state index in [1.807, 2.05) is 0 Å². The molecular formula is C15H12O4. The molecule has 4 heteroatoms. The number of ether oxygens (including phenoxy) is 1. The largest absolute Gasteiger partial charge is 0.508 e. The molecule has 1 heterocycles. The van der Waals surface area contributed by atoms with Gasteiger partial charge in [-0.15, -0.1) is 0 Å². The van der Waals surface area contributed by atoms with Crippen molar-refractivity contribution < 1.29 is 19.7 Å². The van der Waals surface area contributed by atoms with Crippen LogP contribution in [0.15, 0.2) is 42.5 Å². The molecule has 0 radical (unpaired) electrons. The fourth-order valence-corrected chi connectivity index (χ4v) is 2.27. The molecule has 1 unspecified atom stereocenters. The monoisotopic (exact) mass is 256 g/mol. The molecule has 3 rings (SSSR count). The minimum Gasteiger partial charge on any atom is -0.508 e. The zero-order chi connectivity index (χ0) is 13.4. The van der Waals surface area contributed by atoms with Gasteiger partial charge < -0.3 is 14.9 Å². The van der Waals surface area contributed by atoms with Gasteiger partial charge in [-0.1, -0.05) is 18.2 Å². The molecule has 1 aliphatic rings. The molecule has 19 heavy (non-hydrogen) atoms. The maximum absolute atomic E-state index is 12.1. The Kier molecular flexibility index (Phi) is 2.63. The molecule has 1 aliphatic heterocycles. The highest BCUT2D eigenvalue weighted by molar-refractivity contribution is 6.02. The van der Waals surface area contributed by atoms with Crippen LogP contribution in [-0.2, 0) is 0 Å². The summed E-state index contributed by atoms with van der Waals surface area (Å²) in [5.74, 6) is 0.296. The Morgan fingerprint density at radius 2 is 1.89 bits per heavy atom. The number of hydrogen-bond acceptors (Lipinski definition) is 4. The summed E-state index contributed by atoms with van der Waals surface area (Å²) in [6.07, 6.45) is -0.289. The predicted molar refractivity (Wildman–Crippen MR) is 68.5 cm³/mol. The van der Waals surface area contributed by atoms with E-state index in [1.54, 1.807) is 36.4 Å². The molecule has 0 amide bonds. The number of carbonyl (C=O) groups excluding carboxylic acids is 1. The van der Waals surface area contributed by atoms with Crippen molar-refractivity contribution in [1.82, 2.24) is 0 Å². The van der Waals surface area contributed by atoms with E-state index in [-0.39, 0.29) is 29.3 Å². The summed E-state index contributed by atoms with van der Waals surface area (Å²) >= 11 is 0. The number of phenols is 2. The third kappa shape index (κ3) is 2.01. The average molecular weight is 256 g/mol. The zero-order valence-corrected chi connectivity index (χ0v) is 10.0. The summed E-state index contributed by atoms with van der Waals surface area (Å²) in [7, 11) is 0. The molecule has 0 spiro atoms. The average Bonchev–Trinajstić information content (AvgIpc) is 2.38. The molecule has 0 fully saturated rings. The summed E-state index contributed by atoms with van der Waals surface area (Å²) in [4.78, 5) is 12.1. The lowest BCUT2D eigenvalue weighted by molar-refractivity contribution is 0.0845. The second-order valence-corrected chi connectivity index (χ2v) is 4.48. The maximum Gasteiger partial charge on any atom is 0.174 e. The third-order valence-corrected chi connectivity index (χ3v) is 3.17. The molecule has 0 aromatic heterocycles. The van der Waals surface area contributed by atoms with E-state index in [9.17, 15) is 15.0 Å². The van der Waals surface area contributed by atoms with Crippen LogP contribution in [0.1, 0.15) is 28.4 Å². The van der Waals surface area contributed by atoms with E-state index < -0.39 is 6.10 Å². The van der Waals surface area contributed by atoms with Crippen LogP contribution >= 0.6 is 0 Å². The van der Waals surface area contributed by atoms with Crippen molar-refractivity contribution in [1.29, 1.82) is 0 Å². The zero-order valence-electron chi connectivity index (χ0n) is 10.0. The number of carbonyl (C=O) groups is 1. The molecule has 0 bridgehead atoms. The number of benzene rings is 2. The molecule has 0 saturated heterocycles. The van der Waals surface area contributed by atoms with E-state index in [0.717, 1.165) is 5.56 Å². The number of phenolic OH excluding ortho intramolecular Hbond substituents is 2. The van der Waals surface area contributed by atoms with Crippen LogP contribution in [0, 0.1) is 0 Å². The Labute approximate surface area is 109 Å². The van der Waals surface area contributed by atoms with Gasteiger partial charge in [-0.05, 0) is 29.8 Å². The number of hydrogen-bond donors (Lipinski definition) is 2. The predicted octanol–water partition coefficient (Wildman–Crippen LogP) is 2.80. The van der Waals surface area contributed by atoms with E-state index >= 15 is 0 Å². The standard InChI is InChI=1S/C15H12O4/c16-10-4-1-3-9(7-10)14-8-12(18)15-11(17)5-2-6-13(15)19-14/h1-7,14,16-17H,8H2. The quantitative estimate of drug-likeness (QED) is 0.823. The Balaban J connectivity index is 2.00. The first-order valence-electron chi connectivity index (χ1n) is 5.96. The maximum atomic E-state index is 12.1. The van der Waals surface area contributed by atoms with Crippen LogP contribution in [0.2, 0.25) is 0 Å². The van der Waals surface area contributed by atoms with Gasteiger partial charge >= 0.3 is 0 Å². The first-order chi connectivity index (χ1) is 9.15. The van der Waals surface area contributed by atoms with Crippen molar-refractivity contribution in [3.8, 4) is 17.2 Å². The van der Waals surface area contributed by atoms with Crippen LogP contribution in [-0.4, -0.2) is 16.0 Å². The number of aromatic hydroxyl groups is 2. The van der Waals surface area contributed by atoms with Crippen LogP contribution in [0.4, 0.5) is 0 Å². The Hall–Kier alpha value is -2.49. The van der Waals surface area contributed by atoms with Gasteiger partial charge in [0.1, 0.15) is 28.9 Å². The molecular weight excluding hydrogens is 244 g/mol. The molecule has 2 aromatic carbocycles. The van der Waals surface area contributed by atoms with Gasteiger partial charge in [-0.25, -0.2) is 0 Å². The van der Waals surface area contributed by atoms with Crippen molar-refractivity contribution in [2.45, 2.75) is 12.5 Å². The molecule has 2 aromatic rings. The second kappa shape index (κ2) is 4.31. The van der Waals surface area contributed by atoms with Gasteiger partial charge in [0.2, 0.25) is 0 Å². The van der Waals surface area contributed by atoms with Gasteiger partial charge in [-0.2, -0.15) is 0 Å². The van der Waals surface area contributed by atoms with E-state index in [4.69, 9.17) is 4.74 Å². The van der Waals surface area contributed by atoms with E-state index in [2.05, 4.69) is 0 Å². The van der Waals surface area contributed by atoms with Crippen molar-refractivity contribution in [2.75, 3.05) is 0 Å². The van der Waals surface area contributed by atoms with Crippen molar-refractivity contribution >= 4 is 5.78 Å². The smallest absolute Gasteiger partial charge is 0.174 e. The molecule has 2 N–H and O–H groups in total. The lowest BCUT2D eigenvalue weighted by atomic mass is 9.95. The third-order valence-electron chi connectivity index (χ3n) is 3.17. The summed E-state index contributed by atoms with van der Waals surface area (Å²) in [5, 5.41) is 19.2. The van der Waals surface area contributed by atoms with Gasteiger partial charge in [-0.3, -0.25) is 4.79 Å².